The normalized spacial score (nSPS) is 17.1. The SMILES string of the molecule is CN1C(=O)[C@@H](NC(=O)c2cn3c(-c4ccc(F)cc4F)csc3n2)COc2cc(C(=O)NC3CC3)ccc21. The second-order valence-corrected chi connectivity index (χ2v) is 10.0. The number of hydrogen-bond acceptors (Lipinski definition) is 6. The molecular weight excluding hydrogens is 516 g/mol. The van der Waals surface area contributed by atoms with E-state index in [1.54, 1.807) is 30.6 Å². The van der Waals surface area contributed by atoms with Crippen LogP contribution in [0.2, 0.25) is 0 Å². The Morgan fingerprint density at radius 1 is 1.11 bits per heavy atom. The number of carbonyl (C=O) groups is 3. The fourth-order valence-corrected chi connectivity index (χ4v) is 5.13. The van der Waals surface area contributed by atoms with Crippen molar-refractivity contribution in [2.45, 2.75) is 24.9 Å². The average molecular weight is 538 g/mol. The predicted molar refractivity (Wildman–Crippen MR) is 136 cm³/mol. The first-order valence-electron chi connectivity index (χ1n) is 11.9. The number of aromatic nitrogens is 2. The van der Waals surface area contributed by atoms with Crippen LogP contribution in [-0.4, -0.2) is 52.8 Å². The van der Waals surface area contributed by atoms with Gasteiger partial charge < -0.3 is 20.3 Å². The Morgan fingerprint density at radius 3 is 2.68 bits per heavy atom. The minimum absolute atomic E-state index is 0.0249. The average Bonchev–Trinajstić information content (AvgIpc) is 3.50. The summed E-state index contributed by atoms with van der Waals surface area (Å²) in [6.45, 7) is -0.149. The van der Waals surface area contributed by atoms with Gasteiger partial charge in [0, 0.05) is 41.9 Å². The number of likely N-dealkylation sites (N-methyl/N-ethyl adjacent to an activating group) is 1. The number of nitrogens with one attached hydrogen (secondary N) is 2. The van der Waals surface area contributed by atoms with Crippen LogP contribution in [0.1, 0.15) is 33.7 Å². The molecule has 2 aromatic carbocycles. The van der Waals surface area contributed by atoms with Crippen LogP contribution in [0.4, 0.5) is 14.5 Å². The second-order valence-electron chi connectivity index (χ2n) is 9.19. The molecule has 0 radical (unpaired) electrons. The van der Waals surface area contributed by atoms with Crippen molar-refractivity contribution >= 4 is 39.7 Å². The molecule has 12 heteroatoms. The summed E-state index contributed by atoms with van der Waals surface area (Å²) in [6, 6.07) is 7.30. The maximum atomic E-state index is 14.3. The molecule has 194 valence electrons. The summed E-state index contributed by atoms with van der Waals surface area (Å²) in [5, 5.41) is 7.24. The number of fused-ring (bicyclic) bond motifs is 2. The van der Waals surface area contributed by atoms with Crippen molar-refractivity contribution in [1.29, 1.82) is 0 Å². The molecule has 1 aliphatic carbocycles. The molecule has 2 aliphatic rings. The summed E-state index contributed by atoms with van der Waals surface area (Å²) in [6.07, 6.45) is 3.36. The van der Waals surface area contributed by atoms with Crippen LogP contribution in [0.25, 0.3) is 16.2 Å². The van der Waals surface area contributed by atoms with Gasteiger partial charge in [-0.05, 0) is 43.2 Å². The molecule has 2 aromatic heterocycles. The molecule has 0 saturated heterocycles. The lowest BCUT2D eigenvalue weighted by molar-refractivity contribution is -0.120. The van der Waals surface area contributed by atoms with Gasteiger partial charge in [-0.3, -0.25) is 18.8 Å². The molecule has 9 nitrogen and oxygen atoms in total. The van der Waals surface area contributed by atoms with E-state index in [1.165, 1.54) is 32.9 Å². The zero-order chi connectivity index (χ0) is 26.6. The number of carbonyl (C=O) groups excluding carboxylic acids is 3. The molecule has 2 N–H and O–H groups in total. The highest BCUT2D eigenvalue weighted by Crippen LogP contribution is 2.32. The van der Waals surface area contributed by atoms with Crippen LogP contribution >= 0.6 is 11.3 Å². The number of halogens is 2. The number of ether oxygens (including phenoxy) is 1. The lowest BCUT2D eigenvalue weighted by Gasteiger charge is -2.20. The number of rotatable bonds is 5. The molecule has 0 spiro atoms. The van der Waals surface area contributed by atoms with Gasteiger partial charge in [0.15, 0.2) is 4.96 Å². The quantitative estimate of drug-likeness (QED) is 0.406. The van der Waals surface area contributed by atoms with Gasteiger partial charge in [-0.1, -0.05) is 0 Å². The first kappa shape index (κ1) is 24.0. The van der Waals surface area contributed by atoms with E-state index >= 15 is 0 Å². The highest BCUT2D eigenvalue weighted by Gasteiger charge is 2.32. The summed E-state index contributed by atoms with van der Waals surface area (Å²) in [5.41, 5.74) is 1.50. The fraction of sp³-hybridized carbons (Fsp3) is 0.231. The van der Waals surface area contributed by atoms with Crippen molar-refractivity contribution in [2.24, 2.45) is 0 Å². The fourth-order valence-electron chi connectivity index (χ4n) is 4.26. The molecule has 1 aliphatic heterocycles. The van der Waals surface area contributed by atoms with Gasteiger partial charge in [-0.2, -0.15) is 0 Å². The molecule has 0 unspecified atom stereocenters. The maximum Gasteiger partial charge on any atom is 0.272 e. The number of hydrogen-bond donors (Lipinski definition) is 2. The van der Waals surface area contributed by atoms with Gasteiger partial charge in [0.2, 0.25) is 0 Å². The van der Waals surface area contributed by atoms with Gasteiger partial charge in [0.05, 0.1) is 11.4 Å². The van der Waals surface area contributed by atoms with Crippen LogP contribution < -0.4 is 20.3 Å². The highest BCUT2D eigenvalue weighted by molar-refractivity contribution is 7.15. The molecule has 3 amide bonds. The van der Waals surface area contributed by atoms with E-state index in [4.69, 9.17) is 4.74 Å². The van der Waals surface area contributed by atoms with Crippen LogP contribution in [0.5, 0.6) is 5.75 Å². The number of imidazole rings is 1. The standard InChI is InChI=1S/C26H21F2N5O4S/c1-32-20-7-2-13(23(34)29-15-4-5-15)8-22(20)37-11-19(25(32)36)30-24(35)18-10-33-21(12-38-26(33)31-18)16-6-3-14(27)9-17(16)28/h2-3,6-10,12,15,19H,4-5,11H2,1H3,(H,29,34)(H,30,35)/t19-/m0/s1. The largest absolute Gasteiger partial charge is 0.489 e. The van der Waals surface area contributed by atoms with Gasteiger partial charge in [0.25, 0.3) is 17.7 Å². The number of thiazole rings is 1. The lowest BCUT2D eigenvalue weighted by Crippen LogP contribution is -2.49. The van der Waals surface area contributed by atoms with Gasteiger partial charge in [-0.15, -0.1) is 11.3 Å². The Kier molecular flexibility index (Phi) is 5.83. The third kappa shape index (κ3) is 4.36. The number of anilines is 1. The van der Waals surface area contributed by atoms with Crippen molar-refractivity contribution in [3.8, 4) is 17.0 Å². The lowest BCUT2D eigenvalue weighted by atomic mass is 10.1. The molecule has 4 aromatic rings. The molecule has 1 saturated carbocycles. The summed E-state index contributed by atoms with van der Waals surface area (Å²) in [5.74, 6) is -2.29. The molecule has 1 atom stereocenters. The van der Waals surface area contributed by atoms with E-state index in [9.17, 15) is 23.2 Å². The first-order chi connectivity index (χ1) is 18.3. The van der Waals surface area contributed by atoms with E-state index in [0.717, 1.165) is 25.0 Å². The molecule has 1 fully saturated rings. The third-order valence-corrected chi connectivity index (χ3v) is 7.32. The minimum atomic E-state index is -1.02. The van der Waals surface area contributed by atoms with E-state index in [1.807, 2.05) is 0 Å². The zero-order valence-electron chi connectivity index (χ0n) is 20.0. The summed E-state index contributed by atoms with van der Waals surface area (Å²) in [7, 11) is 1.56. The zero-order valence-corrected chi connectivity index (χ0v) is 20.9. The van der Waals surface area contributed by atoms with E-state index in [0.29, 0.717) is 27.7 Å². The molecule has 6 rings (SSSR count). The van der Waals surface area contributed by atoms with E-state index in [-0.39, 0.29) is 29.8 Å². The third-order valence-electron chi connectivity index (χ3n) is 6.48. The predicted octanol–water partition coefficient (Wildman–Crippen LogP) is 3.39. The van der Waals surface area contributed by atoms with Crippen molar-refractivity contribution in [3.63, 3.8) is 0 Å². The Bertz CT molecular complexity index is 1610. The number of nitrogens with zero attached hydrogens (tertiary/aromatic N) is 3. The van der Waals surface area contributed by atoms with E-state index < -0.39 is 29.5 Å². The first-order valence-corrected chi connectivity index (χ1v) is 12.7. The van der Waals surface area contributed by atoms with Crippen LogP contribution in [0, 0.1) is 11.6 Å². The molecule has 3 heterocycles. The Balaban J connectivity index is 1.20. The Morgan fingerprint density at radius 2 is 1.92 bits per heavy atom. The molecule has 38 heavy (non-hydrogen) atoms. The number of benzene rings is 2. The van der Waals surface area contributed by atoms with Crippen molar-refractivity contribution in [2.75, 3.05) is 18.6 Å². The Hall–Kier alpha value is -4.32. The number of amides is 3. The monoisotopic (exact) mass is 537 g/mol. The van der Waals surface area contributed by atoms with Crippen molar-refractivity contribution < 1.29 is 27.9 Å². The van der Waals surface area contributed by atoms with Crippen LogP contribution in [0.3, 0.4) is 0 Å². The topological polar surface area (TPSA) is 105 Å². The van der Waals surface area contributed by atoms with Gasteiger partial charge in [-0.25, -0.2) is 13.8 Å². The van der Waals surface area contributed by atoms with Crippen molar-refractivity contribution in [3.05, 3.63) is 70.9 Å². The van der Waals surface area contributed by atoms with Gasteiger partial charge >= 0.3 is 0 Å². The van der Waals surface area contributed by atoms with Crippen LogP contribution in [-0.2, 0) is 4.79 Å². The Labute approximate surface area is 219 Å². The smallest absolute Gasteiger partial charge is 0.272 e. The summed E-state index contributed by atoms with van der Waals surface area (Å²) < 4.78 is 35.1. The highest BCUT2D eigenvalue weighted by atomic mass is 32.1. The van der Waals surface area contributed by atoms with Crippen LogP contribution in [0.15, 0.2) is 48.0 Å². The molecular formula is C26H21F2N5O4S. The second kappa shape index (κ2) is 9.21. The molecule has 0 bridgehead atoms. The summed E-state index contributed by atoms with van der Waals surface area (Å²) >= 11 is 1.19. The van der Waals surface area contributed by atoms with Gasteiger partial charge in [0.1, 0.15) is 35.7 Å². The van der Waals surface area contributed by atoms with E-state index in [2.05, 4.69) is 15.6 Å². The minimum Gasteiger partial charge on any atom is -0.489 e. The summed E-state index contributed by atoms with van der Waals surface area (Å²) in [4.78, 5) is 44.7. The van der Waals surface area contributed by atoms with Crippen molar-refractivity contribution in [1.82, 2.24) is 20.0 Å². The maximum absolute atomic E-state index is 14.3.